The molecule has 0 saturated carbocycles. The van der Waals surface area contributed by atoms with Crippen LogP contribution in [0.4, 0.5) is 4.39 Å². The Balaban J connectivity index is 1.47. The molecule has 1 aliphatic heterocycles. The summed E-state index contributed by atoms with van der Waals surface area (Å²) in [6.07, 6.45) is -0.0511. The molecule has 1 amide bonds. The Morgan fingerprint density at radius 3 is 2.34 bits per heavy atom. The molecular weight excluding hydrogens is 395 g/mol. The molecule has 0 bridgehead atoms. The zero-order valence-corrected chi connectivity index (χ0v) is 16.8. The van der Waals surface area contributed by atoms with Crippen LogP contribution in [0, 0.1) is 11.7 Å². The third-order valence-corrected chi connectivity index (χ3v) is 6.98. The molecule has 6 nitrogen and oxygen atoms in total. The molecule has 156 valence electrons. The predicted octanol–water partition coefficient (Wildman–Crippen LogP) is 2.22. The van der Waals surface area contributed by atoms with Crippen LogP contribution in [-0.2, 0) is 20.6 Å². The summed E-state index contributed by atoms with van der Waals surface area (Å²) in [5, 5.41) is 12.8. The number of halogens is 1. The van der Waals surface area contributed by atoms with Crippen molar-refractivity contribution in [2.75, 3.05) is 19.6 Å². The van der Waals surface area contributed by atoms with Gasteiger partial charge in [-0.15, -0.1) is 0 Å². The van der Waals surface area contributed by atoms with Crippen LogP contribution in [0.2, 0.25) is 0 Å². The van der Waals surface area contributed by atoms with E-state index >= 15 is 0 Å². The molecule has 2 aromatic carbocycles. The highest BCUT2D eigenvalue weighted by Gasteiger charge is 2.31. The molecule has 0 spiro atoms. The van der Waals surface area contributed by atoms with Crippen molar-refractivity contribution in [3.05, 3.63) is 71.5 Å². The van der Waals surface area contributed by atoms with E-state index in [0.29, 0.717) is 31.5 Å². The van der Waals surface area contributed by atoms with Crippen molar-refractivity contribution in [1.82, 2.24) is 9.62 Å². The van der Waals surface area contributed by atoms with E-state index in [1.807, 2.05) is 18.2 Å². The summed E-state index contributed by atoms with van der Waals surface area (Å²) < 4.78 is 39.6. The number of rotatable bonds is 7. The first kappa shape index (κ1) is 21.4. The maximum Gasteiger partial charge on any atom is 0.223 e. The smallest absolute Gasteiger partial charge is 0.223 e. The highest BCUT2D eigenvalue weighted by Crippen LogP contribution is 2.22. The maximum atomic E-state index is 12.9. The average molecular weight is 421 g/mol. The summed E-state index contributed by atoms with van der Waals surface area (Å²) in [6, 6.07) is 14.5. The number of nitrogens with one attached hydrogen (secondary N) is 1. The van der Waals surface area contributed by atoms with E-state index < -0.39 is 16.1 Å². The lowest BCUT2D eigenvalue weighted by molar-refractivity contribution is -0.126. The van der Waals surface area contributed by atoms with E-state index in [2.05, 4.69) is 5.32 Å². The largest absolute Gasteiger partial charge is 0.387 e. The fraction of sp³-hybridized carbons (Fsp3) is 0.381. The number of hydrogen-bond donors (Lipinski definition) is 2. The number of carbonyl (C=O) groups is 1. The van der Waals surface area contributed by atoms with E-state index in [4.69, 9.17) is 0 Å². The Bertz CT molecular complexity index is 911. The van der Waals surface area contributed by atoms with Gasteiger partial charge in [0.15, 0.2) is 0 Å². The van der Waals surface area contributed by atoms with E-state index in [9.17, 15) is 22.7 Å². The minimum Gasteiger partial charge on any atom is -0.387 e. The summed E-state index contributed by atoms with van der Waals surface area (Å²) in [5.74, 6) is -0.932. The quantitative estimate of drug-likeness (QED) is 0.719. The molecule has 29 heavy (non-hydrogen) atoms. The lowest BCUT2D eigenvalue weighted by Crippen LogP contribution is -2.44. The Labute approximate surface area is 170 Å². The first-order chi connectivity index (χ1) is 13.8. The molecule has 0 aliphatic carbocycles. The molecular formula is C21H25FN2O4S. The molecule has 0 aromatic heterocycles. The monoisotopic (exact) mass is 420 g/mol. The van der Waals surface area contributed by atoms with Crippen LogP contribution >= 0.6 is 0 Å². The van der Waals surface area contributed by atoms with Crippen LogP contribution in [-0.4, -0.2) is 43.4 Å². The number of piperidine rings is 1. The van der Waals surface area contributed by atoms with Crippen molar-refractivity contribution in [3.8, 4) is 0 Å². The number of hydrogen-bond acceptors (Lipinski definition) is 4. The summed E-state index contributed by atoms with van der Waals surface area (Å²) in [7, 11) is -3.42. The molecule has 1 heterocycles. The maximum absolute atomic E-state index is 12.9. The molecule has 1 saturated heterocycles. The number of sulfonamides is 1. The van der Waals surface area contributed by atoms with Gasteiger partial charge >= 0.3 is 0 Å². The van der Waals surface area contributed by atoms with Gasteiger partial charge in [0.1, 0.15) is 5.82 Å². The highest BCUT2D eigenvalue weighted by atomic mass is 32.2. The fourth-order valence-corrected chi connectivity index (χ4v) is 4.98. The summed E-state index contributed by atoms with van der Waals surface area (Å²) in [5.41, 5.74) is 1.26. The molecule has 0 radical (unpaired) electrons. The van der Waals surface area contributed by atoms with Crippen molar-refractivity contribution in [2.24, 2.45) is 5.92 Å². The Kier molecular flexibility index (Phi) is 7.00. The van der Waals surface area contributed by atoms with Crippen LogP contribution in [0.15, 0.2) is 54.6 Å². The van der Waals surface area contributed by atoms with Gasteiger partial charge in [-0.2, -0.15) is 0 Å². The lowest BCUT2D eigenvalue weighted by Gasteiger charge is -2.30. The fourth-order valence-electron chi connectivity index (χ4n) is 3.42. The average Bonchev–Trinajstić information content (AvgIpc) is 2.73. The van der Waals surface area contributed by atoms with Gasteiger partial charge in [-0.05, 0) is 36.1 Å². The van der Waals surface area contributed by atoms with Crippen LogP contribution in [0.25, 0.3) is 0 Å². The standard InChI is InChI=1S/C21H25FN2O4S/c22-19-8-6-17(7-9-19)20(25)14-23-21(26)18-10-12-24(13-11-18)29(27,28)15-16-4-2-1-3-5-16/h1-9,18,20,25H,10-15H2,(H,23,26)/t20-/m0/s1. The second-order valence-corrected chi connectivity index (χ2v) is 9.20. The molecule has 3 rings (SSSR count). The van der Waals surface area contributed by atoms with Gasteiger partial charge in [0.25, 0.3) is 0 Å². The molecule has 0 unspecified atom stereocenters. The first-order valence-corrected chi connectivity index (χ1v) is 11.2. The van der Waals surface area contributed by atoms with Crippen LogP contribution in [0.1, 0.15) is 30.1 Å². The SMILES string of the molecule is O=C(NC[C@H](O)c1ccc(F)cc1)C1CCN(S(=O)(=O)Cc2ccccc2)CC1. The number of aliphatic hydroxyl groups is 1. The number of aliphatic hydroxyl groups excluding tert-OH is 1. The Morgan fingerprint density at radius 1 is 1.10 bits per heavy atom. The van der Waals surface area contributed by atoms with Crippen LogP contribution in [0.3, 0.4) is 0 Å². The Hall–Kier alpha value is -2.29. The predicted molar refractivity (Wildman–Crippen MR) is 108 cm³/mol. The second-order valence-electron chi connectivity index (χ2n) is 7.23. The third-order valence-electron chi connectivity index (χ3n) is 5.13. The number of carbonyl (C=O) groups excluding carboxylic acids is 1. The van der Waals surface area contributed by atoms with E-state index in [1.165, 1.54) is 28.6 Å². The summed E-state index contributed by atoms with van der Waals surface area (Å²) in [6.45, 7) is 0.624. The molecule has 1 fully saturated rings. The number of nitrogens with zero attached hydrogens (tertiary/aromatic N) is 1. The van der Waals surface area contributed by atoms with Crippen molar-refractivity contribution in [1.29, 1.82) is 0 Å². The zero-order valence-electron chi connectivity index (χ0n) is 16.0. The van der Waals surface area contributed by atoms with Gasteiger partial charge in [-0.1, -0.05) is 42.5 Å². The minimum absolute atomic E-state index is 0.0248. The van der Waals surface area contributed by atoms with Gasteiger partial charge in [0.2, 0.25) is 15.9 Å². The number of amides is 1. The molecule has 1 aliphatic rings. The van der Waals surface area contributed by atoms with E-state index in [1.54, 1.807) is 12.1 Å². The highest BCUT2D eigenvalue weighted by molar-refractivity contribution is 7.88. The molecule has 1 atom stereocenters. The second kappa shape index (κ2) is 9.47. The van der Waals surface area contributed by atoms with Crippen molar-refractivity contribution >= 4 is 15.9 Å². The minimum atomic E-state index is -3.42. The molecule has 2 aromatic rings. The van der Waals surface area contributed by atoms with Crippen molar-refractivity contribution in [2.45, 2.75) is 24.7 Å². The van der Waals surface area contributed by atoms with Crippen molar-refractivity contribution < 1.29 is 22.7 Å². The third kappa shape index (κ3) is 5.85. The van der Waals surface area contributed by atoms with Gasteiger partial charge in [-0.25, -0.2) is 17.1 Å². The topological polar surface area (TPSA) is 86.7 Å². The van der Waals surface area contributed by atoms with Gasteiger partial charge in [0, 0.05) is 25.6 Å². The van der Waals surface area contributed by atoms with Crippen LogP contribution < -0.4 is 5.32 Å². The summed E-state index contributed by atoms with van der Waals surface area (Å²) >= 11 is 0. The normalized spacial score (nSPS) is 17.0. The van der Waals surface area contributed by atoms with Crippen LogP contribution in [0.5, 0.6) is 0 Å². The van der Waals surface area contributed by atoms with E-state index in [-0.39, 0.29) is 29.9 Å². The molecule has 2 N–H and O–H groups in total. The van der Waals surface area contributed by atoms with Gasteiger partial charge in [0.05, 0.1) is 11.9 Å². The lowest BCUT2D eigenvalue weighted by atomic mass is 9.97. The number of benzene rings is 2. The van der Waals surface area contributed by atoms with Gasteiger partial charge < -0.3 is 10.4 Å². The molecule has 8 heteroatoms. The zero-order chi connectivity index (χ0) is 20.9. The van der Waals surface area contributed by atoms with Gasteiger partial charge in [-0.3, -0.25) is 4.79 Å². The van der Waals surface area contributed by atoms with Crippen molar-refractivity contribution in [3.63, 3.8) is 0 Å². The van der Waals surface area contributed by atoms with E-state index in [0.717, 1.165) is 5.56 Å². The summed E-state index contributed by atoms with van der Waals surface area (Å²) in [4.78, 5) is 12.4. The first-order valence-electron chi connectivity index (χ1n) is 9.58. The Morgan fingerprint density at radius 2 is 1.72 bits per heavy atom.